The van der Waals surface area contributed by atoms with Crippen molar-refractivity contribution in [3.63, 3.8) is 0 Å². The second kappa shape index (κ2) is 7.62. The van der Waals surface area contributed by atoms with Crippen LogP contribution in [-0.4, -0.2) is 38.2 Å². The van der Waals surface area contributed by atoms with Crippen LogP contribution in [0.4, 0.5) is 20.2 Å². The van der Waals surface area contributed by atoms with Crippen LogP contribution in [-0.2, 0) is 20.0 Å². The number of alkyl halides is 2. The zero-order valence-corrected chi connectivity index (χ0v) is 19.6. The number of carbonyl (C=O) groups is 2. The molecule has 0 N–H and O–H groups in total. The number of sulfone groups is 1. The van der Waals surface area contributed by atoms with Crippen molar-refractivity contribution in [2.24, 2.45) is 5.41 Å². The van der Waals surface area contributed by atoms with Gasteiger partial charge in [0.1, 0.15) is 5.75 Å². The molecule has 0 aliphatic carbocycles. The fourth-order valence-corrected chi connectivity index (χ4v) is 7.01. The molecule has 2 aromatic carbocycles. The average Bonchev–Trinajstić information content (AvgIpc) is 2.87. The first-order valence-electron chi connectivity index (χ1n) is 10.5. The summed E-state index contributed by atoms with van der Waals surface area (Å²) in [5.74, 6) is -0.507. The molecule has 1 fully saturated rings. The fraction of sp³-hybridized carbons (Fsp3) is 0.417. The third kappa shape index (κ3) is 4.14. The third-order valence-corrected chi connectivity index (χ3v) is 8.61. The molecule has 4 rings (SSSR count). The maximum absolute atomic E-state index is 13.4. The molecule has 2 aromatic rings. The number of carbonyl (C=O) groups excluding carboxylic acids is 2. The van der Waals surface area contributed by atoms with Gasteiger partial charge in [-0.3, -0.25) is 14.5 Å². The molecule has 9 heteroatoms. The Bertz CT molecular complexity index is 1260. The molecule has 0 aromatic heterocycles. The number of ether oxygens (including phenoxy) is 1. The van der Waals surface area contributed by atoms with E-state index in [1.807, 2.05) is 0 Å². The molecule has 2 heterocycles. The lowest BCUT2D eigenvalue weighted by Crippen LogP contribution is -2.47. The topological polar surface area (TPSA) is 80.8 Å². The summed E-state index contributed by atoms with van der Waals surface area (Å²) >= 11 is 0. The number of rotatable bonds is 6. The number of Topliss-reactive ketones (excluding diaryl/α,β-unsaturated/α-hetero) is 1. The summed E-state index contributed by atoms with van der Waals surface area (Å²) in [5, 5.41) is 0. The molecule has 0 atom stereocenters. The predicted octanol–water partition coefficient (Wildman–Crippen LogP) is 4.56. The van der Waals surface area contributed by atoms with Crippen molar-refractivity contribution in [2.45, 2.75) is 46.1 Å². The minimum atomic E-state index is -3.07. The Kier molecular flexibility index (Phi) is 5.39. The Morgan fingerprint density at radius 3 is 2.36 bits per heavy atom. The van der Waals surface area contributed by atoms with Gasteiger partial charge in [-0.05, 0) is 56.2 Å². The maximum atomic E-state index is 13.4. The Labute approximate surface area is 191 Å². The van der Waals surface area contributed by atoms with Crippen LogP contribution >= 0.6 is 0 Å². The summed E-state index contributed by atoms with van der Waals surface area (Å²) in [6.07, 6.45) is 0.106. The van der Waals surface area contributed by atoms with Crippen LogP contribution in [0.1, 0.15) is 48.7 Å². The van der Waals surface area contributed by atoms with Gasteiger partial charge in [0.25, 0.3) is 0 Å². The Balaban J connectivity index is 1.70. The van der Waals surface area contributed by atoms with Crippen molar-refractivity contribution in [2.75, 3.05) is 16.4 Å². The summed E-state index contributed by atoms with van der Waals surface area (Å²) in [5.41, 5.74) is 1.22. The number of ketones is 1. The molecule has 6 nitrogen and oxygen atoms in total. The van der Waals surface area contributed by atoms with Gasteiger partial charge >= 0.3 is 6.61 Å². The molecule has 176 valence electrons. The lowest BCUT2D eigenvalue weighted by molar-refractivity contribution is -0.121. The lowest BCUT2D eigenvalue weighted by Gasteiger charge is -2.37. The molecule has 2 aliphatic heterocycles. The number of hydrogen-bond acceptors (Lipinski definition) is 5. The predicted molar refractivity (Wildman–Crippen MR) is 120 cm³/mol. The van der Waals surface area contributed by atoms with Gasteiger partial charge < -0.3 is 4.74 Å². The molecule has 2 aliphatic rings. The van der Waals surface area contributed by atoms with Crippen molar-refractivity contribution < 1.29 is 31.5 Å². The van der Waals surface area contributed by atoms with E-state index >= 15 is 0 Å². The zero-order chi connectivity index (χ0) is 24.3. The number of hydrogen-bond donors (Lipinski definition) is 0. The highest BCUT2D eigenvalue weighted by atomic mass is 32.2. The van der Waals surface area contributed by atoms with E-state index in [4.69, 9.17) is 0 Å². The van der Waals surface area contributed by atoms with Crippen molar-refractivity contribution in [3.8, 4) is 5.75 Å². The van der Waals surface area contributed by atoms with Gasteiger partial charge in [-0.1, -0.05) is 13.0 Å². The van der Waals surface area contributed by atoms with Gasteiger partial charge in [-0.25, -0.2) is 8.42 Å². The van der Waals surface area contributed by atoms with E-state index < -0.39 is 27.3 Å². The molecule has 1 amide bonds. The van der Waals surface area contributed by atoms with E-state index in [-0.39, 0.29) is 35.4 Å². The Morgan fingerprint density at radius 2 is 1.76 bits per heavy atom. The van der Waals surface area contributed by atoms with Crippen LogP contribution in [0.25, 0.3) is 0 Å². The summed E-state index contributed by atoms with van der Waals surface area (Å²) in [6, 6.07) is 9.41. The molecule has 0 radical (unpaired) electrons. The van der Waals surface area contributed by atoms with Crippen LogP contribution in [0.5, 0.6) is 5.75 Å². The number of anilines is 2. The van der Waals surface area contributed by atoms with E-state index in [0.717, 1.165) is 0 Å². The highest BCUT2D eigenvalue weighted by Gasteiger charge is 2.47. The zero-order valence-electron chi connectivity index (χ0n) is 18.8. The summed E-state index contributed by atoms with van der Waals surface area (Å²) in [6.45, 7) is 4.06. The quantitative estimate of drug-likeness (QED) is 0.570. The van der Waals surface area contributed by atoms with Gasteiger partial charge in [0.2, 0.25) is 5.91 Å². The van der Waals surface area contributed by atoms with Crippen molar-refractivity contribution in [1.82, 2.24) is 0 Å². The number of benzene rings is 2. The van der Waals surface area contributed by atoms with Crippen molar-refractivity contribution in [3.05, 3.63) is 53.1 Å². The monoisotopic (exact) mass is 477 g/mol. The number of fused-ring (bicyclic) bond motifs is 1. The normalized spacial score (nSPS) is 19.8. The Hall–Kier alpha value is -2.81. The van der Waals surface area contributed by atoms with E-state index in [2.05, 4.69) is 4.74 Å². The minimum Gasteiger partial charge on any atom is -0.435 e. The van der Waals surface area contributed by atoms with Crippen LogP contribution in [0.2, 0.25) is 0 Å². The third-order valence-electron chi connectivity index (χ3n) is 6.34. The SMILES string of the molecule is Cc1ccc(OC(F)F)cc1N1C(=O)C(C)(C)c2cc(C(=O)CC3(C)CS(=O)(=O)C3)ccc21. The largest absolute Gasteiger partial charge is 0.435 e. The Morgan fingerprint density at radius 1 is 1.09 bits per heavy atom. The first-order valence-corrected chi connectivity index (χ1v) is 12.3. The van der Waals surface area contributed by atoms with Gasteiger partial charge in [-0.2, -0.15) is 8.78 Å². The summed E-state index contributed by atoms with van der Waals surface area (Å²) in [4.78, 5) is 27.8. The van der Waals surface area contributed by atoms with Crippen LogP contribution in [0.3, 0.4) is 0 Å². The number of aryl methyl sites for hydroxylation is 1. The second-order valence-electron chi connectivity index (χ2n) is 9.77. The molecule has 0 bridgehead atoms. The first kappa shape index (κ1) is 23.4. The minimum absolute atomic E-state index is 0.00918. The van der Waals surface area contributed by atoms with Gasteiger partial charge in [0, 0.05) is 23.5 Å². The van der Waals surface area contributed by atoms with Crippen molar-refractivity contribution in [1.29, 1.82) is 0 Å². The average molecular weight is 478 g/mol. The van der Waals surface area contributed by atoms with E-state index in [1.165, 1.54) is 17.0 Å². The van der Waals surface area contributed by atoms with E-state index in [9.17, 15) is 26.8 Å². The van der Waals surface area contributed by atoms with Gasteiger partial charge in [0.05, 0.1) is 28.3 Å². The maximum Gasteiger partial charge on any atom is 0.387 e. The summed E-state index contributed by atoms with van der Waals surface area (Å²) in [7, 11) is -3.07. The molecule has 0 spiro atoms. The van der Waals surface area contributed by atoms with Gasteiger partial charge in [-0.15, -0.1) is 0 Å². The molecular formula is C24H25F2NO5S. The standard InChI is InChI=1S/C24H25F2NO5S/c1-14-5-7-16(32-22(25)26)10-19(14)27-18-8-6-15(9-17(18)23(2,3)21(27)29)20(28)11-24(4)12-33(30,31)13-24/h5-10,22H,11-13H2,1-4H3. The molecule has 0 saturated carbocycles. The van der Waals surface area contributed by atoms with Crippen LogP contribution in [0.15, 0.2) is 36.4 Å². The number of halogens is 2. The van der Waals surface area contributed by atoms with Crippen LogP contribution < -0.4 is 9.64 Å². The lowest BCUT2D eigenvalue weighted by atomic mass is 9.83. The molecule has 0 unspecified atom stereocenters. The van der Waals surface area contributed by atoms with Gasteiger partial charge in [0.15, 0.2) is 15.6 Å². The fourth-order valence-electron chi connectivity index (χ4n) is 4.77. The highest BCUT2D eigenvalue weighted by Crippen LogP contribution is 2.47. The molecule has 33 heavy (non-hydrogen) atoms. The highest BCUT2D eigenvalue weighted by molar-refractivity contribution is 7.92. The molecular weight excluding hydrogens is 452 g/mol. The number of amides is 1. The van der Waals surface area contributed by atoms with E-state index in [0.29, 0.717) is 28.1 Å². The van der Waals surface area contributed by atoms with Crippen LogP contribution in [0, 0.1) is 12.3 Å². The number of nitrogens with zero attached hydrogens (tertiary/aromatic N) is 1. The smallest absolute Gasteiger partial charge is 0.387 e. The van der Waals surface area contributed by atoms with Crippen molar-refractivity contribution >= 4 is 32.9 Å². The molecule has 1 saturated heterocycles. The van der Waals surface area contributed by atoms with E-state index in [1.54, 1.807) is 52.0 Å². The second-order valence-corrected chi connectivity index (χ2v) is 11.8. The first-order chi connectivity index (χ1) is 15.2. The summed E-state index contributed by atoms with van der Waals surface area (Å²) < 4.78 is 53.1.